The van der Waals surface area contributed by atoms with Gasteiger partial charge in [-0.2, -0.15) is 0 Å². The van der Waals surface area contributed by atoms with Crippen LogP contribution < -0.4 is 4.74 Å². The van der Waals surface area contributed by atoms with Gasteiger partial charge in [0.1, 0.15) is 5.75 Å². The summed E-state index contributed by atoms with van der Waals surface area (Å²) in [5.74, 6) is 0.440. The zero-order valence-corrected chi connectivity index (χ0v) is 9.97. The van der Waals surface area contributed by atoms with Crippen molar-refractivity contribution in [2.45, 2.75) is 17.4 Å². The highest BCUT2D eigenvalue weighted by atomic mass is 35.5. The van der Waals surface area contributed by atoms with Crippen molar-refractivity contribution in [3.8, 4) is 5.75 Å². The molecular weight excluding hydrogens is 236 g/mol. The molecule has 0 bridgehead atoms. The van der Waals surface area contributed by atoms with Crippen molar-refractivity contribution in [1.82, 2.24) is 0 Å². The van der Waals surface area contributed by atoms with Crippen molar-refractivity contribution in [3.05, 3.63) is 24.3 Å². The second-order valence-corrected chi connectivity index (χ2v) is 4.18. The highest BCUT2D eigenvalue weighted by molar-refractivity contribution is 7.98. The number of ether oxygens (including phenoxy) is 2. The van der Waals surface area contributed by atoms with Crippen LogP contribution in [0.25, 0.3) is 0 Å². The maximum atomic E-state index is 11.0. The van der Waals surface area contributed by atoms with Crippen molar-refractivity contribution < 1.29 is 14.3 Å². The number of hydrogen-bond acceptors (Lipinski definition) is 4. The summed E-state index contributed by atoms with van der Waals surface area (Å²) in [7, 11) is 0. The van der Waals surface area contributed by atoms with Crippen molar-refractivity contribution in [3.63, 3.8) is 0 Å². The van der Waals surface area contributed by atoms with Crippen LogP contribution in [0.15, 0.2) is 29.2 Å². The number of benzene rings is 1. The van der Waals surface area contributed by atoms with Crippen LogP contribution in [0, 0.1) is 0 Å². The second kappa shape index (κ2) is 5.88. The summed E-state index contributed by atoms with van der Waals surface area (Å²) in [6, 6.07) is 7.12. The quantitative estimate of drug-likeness (QED) is 0.354. The van der Waals surface area contributed by atoms with Gasteiger partial charge in [0, 0.05) is 4.90 Å². The number of alkyl halides is 1. The smallest absolute Gasteiger partial charge is 0.415 e. The van der Waals surface area contributed by atoms with Crippen LogP contribution >= 0.6 is 23.4 Å². The molecule has 0 radical (unpaired) electrons. The SMILES string of the molecule is CSc1ccc(OC(=O)O[C@@H](C)Cl)cc1. The Morgan fingerprint density at radius 1 is 1.40 bits per heavy atom. The lowest BCUT2D eigenvalue weighted by molar-refractivity contribution is 0.0923. The third-order valence-electron chi connectivity index (χ3n) is 1.52. The molecule has 5 heteroatoms. The molecule has 82 valence electrons. The van der Waals surface area contributed by atoms with Gasteiger partial charge in [-0.3, -0.25) is 0 Å². The third-order valence-corrected chi connectivity index (χ3v) is 2.35. The minimum absolute atomic E-state index is 0.440. The average molecular weight is 247 g/mol. The maximum Gasteiger partial charge on any atom is 0.515 e. The first kappa shape index (κ1) is 12.2. The van der Waals surface area contributed by atoms with Crippen LogP contribution in [-0.2, 0) is 4.74 Å². The zero-order chi connectivity index (χ0) is 11.3. The Morgan fingerprint density at radius 2 is 2.00 bits per heavy atom. The summed E-state index contributed by atoms with van der Waals surface area (Å²) in [4.78, 5) is 12.1. The fourth-order valence-corrected chi connectivity index (χ4v) is 1.38. The van der Waals surface area contributed by atoms with Crippen LogP contribution in [0.2, 0.25) is 0 Å². The molecule has 0 aromatic heterocycles. The van der Waals surface area contributed by atoms with Gasteiger partial charge in [-0.1, -0.05) is 11.6 Å². The molecule has 1 aromatic carbocycles. The van der Waals surface area contributed by atoms with E-state index in [0.29, 0.717) is 5.75 Å². The highest BCUT2D eigenvalue weighted by Gasteiger charge is 2.08. The fraction of sp³-hybridized carbons (Fsp3) is 0.300. The first-order valence-corrected chi connectivity index (χ1v) is 5.94. The average Bonchev–Trinajstić information content (AvgIpc) is 2.17. The molecule has 1 atom stereocenters. The van der Waals surface area contributed by atoms with Gasteiger partial charge in [0.15, 0.2) is 5.56 Å². The van der Waals surface area contributed by atoms with Gasteiger partial charge < -0.3 is 9.47 Å². The van der Waals surface area contributed by atoms with E-state index < -0.39 is 11.7 Å². The summed E-state index contributed by atoms with van der Waals surface area (Å²) >= 11 is 7.07. The molecule has 0 aliphatic carbocycles. The van der Waals surface area contributed by atoms with E-state index in [1.54, 1.807) is 30.8 Å². The van der Waals surface area contributed by atoms with E-state index in [-0.39, 0.29) is 0 Å². The lowest BCUT2D eigenvalue weighted by Crippen LogP contribution is -2.14. The van der Waals surface area contributed by atoms with E-state index in [0.717, 1.165) is 4.90 Å². The third kappa shape index (κ3) is 4.44. The fourth-order valence-electron chi connectivity index (χ4n) is 0.897. The predicted molar refractivity (Wildman–Crippen MR) is 60.6 cm³/mol. The topological polar surface area (TPSA) is 35.5 Å². The number of carbonyl (C=O) groups is 1. The molecule has 1 aromatic rings. The Balaban J connectivity index is 2.53. The molecule has 0 unspecified atom stereocenters. The predicted octanol–water partition coefficient (Wildman–Crippen LogP) is 3.51. The minimum atomic E-state index is -0.797. The van der Waals surface area contributed by atoms with Crippen molar-refractivity contribution in [2.75, 3.05) is 6.26 Å². The molecule has 0 N–H and O–H groups in total. The highest BCUT2D eigenvalue weighted by Crippen LogP contribution is 2.19. The monoisotopic (exact) mass is 246 g/mol. The van der Waals surface area contributed by atoms with Gasteiger partial charge in [-0.25, -0.2) is 4.79 Å². The molecule has 0 aliphatic heterocycles. The molecule has 0 heterocycles. The molecule has 3 nitrogen and oxygen atoms in total. The molecule has 0 spiro atoms. The van der Waals surface area contributed by atoms with Gasteiger partial charge in [0.25, 0.3) is 0 Å². The lowest BCUT2D eigenvalue weighted by Gasteiger charge is -2.06. The van der Waals surface area contributed by atoms with Crippen LogP contribution in [-0.4, -0.2) is 18.0 Å². The van der Waals surface area contributed by atoms with Crippen molar-refractivity contribution >= 4 is 29.5 Å². The number of rotatable bonds is 3. The Morgan fingerprint density at radius 3 is 2.47 bits per heavy atom. The van der Waals surface area contributed by atoms with Gasteiger partial charge in [0.2, 0.25) is 0 Å². The van der Waals surface area contributed by atoms with Crippen molar-refractivity contribution in [2.24, 2.45) is 0 Å². The molecule has 15 heavy (non-hydrogen) atoms. The first-order chi connectivity index (χ1) is 7.11. The van der Waals surface area contributed by atoms with E-state index in [1.165, 1.54) is 0 Å². The van der Waals surface area contributed by atoms with Crippen molar-refractivity contribution in [1.29, 1.82) is 0 Å². The van der Waals surface area contributed by atoms with E-state index in [4.69, 9.17) is 16.3 Å². The van der Waals surface area contributed by atoms with Gasteiger partial charge in [-0.05, 0) is 37.4 Å². The Kier molecular flexibility index (Phi) is 4.78. The Hall–Kier alpha value is -0.870. The lowest BCUT2D eigenvalue weighted by atomic mass is 10.3. The molecule has 0 aliphatic rings. The number of halogens is 1. The van der Waals surface area contributed by atoms with Gasteiger partial charge in [-0.15, -0.1) is 11.8 Å². The standard InChI is InChI=1S/C10H11ClO3S/c1-7(11)13-10(12)14-8-3-5-9(15-2)6-4-8/h3-7H,1-2H3/t7-/m0/s1. The molecule has 0 saturated carbocycles. The molecule has 0 saturated heterocycles. The number of carbonyl (C=O) groups excluding carboxylic acids is 1. The molecule has 0 amide bonds. The van der Waals surface area contributed by atoms with Gasteiger partial charge in [0.05, 0.1) is 0 Å². The van der Waals surface area contributed by atoms with Crippen LogP contribution in [0.4, 0.5) is 4.79 Å². The normalized spacial score (nSPS) is 11.9. The zero-order valence-electron chi connectivity index (χ0n) is 8.40. The summed E-state index contributed by atoms with van der Waals surface area (Å²) in [5.41, 5.74) is -0.692. The Bertz CT molecular complexity index is 324. The summed E-state index contributed by atoms with van der Waals surface area (Å²) in [6.07, 6.45) is 1.17. The van der Waals surface area contributed by atoms with Gasteiger partial charge >= 0.3 is 6.16 Å². The number of hydrogen-bond donors (Lipinski definition) is 0. The largest absolute Gasteiger partial charge is 0.515 e. The number of thioether (sulfide) groups is 1. The molecular formula is C10H11ClO3S. The van der Waals surface area contributed by atoms with Crippen LogP contribution in [0.1, 0.15) is 6.92 Å². The maximum absolute atomic E-state index is 11.0. The van der Waals surface area contributed by atoms with E-state index >= 15 is 0 Å². The van der Waals surface area contributed by atoms with Crippen LogP contribution in [0.5, 0.6) is 5.75 Å². The second-order valence-electron chi connectivity index (χ2n) is 2.69. The molecule has 1 rings (SSSR count). The van der Waals surface area contributed by atoms with Crippen LogP contribution in [0.3, 0.4) is 0 Å². The summed E-state index contributed by atoms with van der Waals surface area (Å²) in [6.45, 7) is 1.54. The van der Waals surface area contributed by atoms with E-state index in [2.05, 4.69) is 4.74 Å². The van der Waals surface area contributed by atoms with E-state index in [1.807, 2.05) is 18.4 Å². The molecule has 0 fully saturated rings. The minimum Gasteiger partial charge on any atom is -0.415 e. The first-order valence-electron chi connectivity index (χ1n) is 4.28. The Labute approximate surface area is 97.7 Å². The van der Waals surface area contributed by atoms with E-state index in [9.17, 15) is 4.79 Å². The summed E-state index contributed by atoms with van der Waals surface area (Å²) in [5, 5.41) is 0. The summed E-state index contributed by atoms with van der Waals surface area (Å²) < 4.78 is 9.48.